The fourth-order valence-corrected chi connectivity index (χ4v) is 2.11. The van der Waals surface area contributed by atoms with Crippen molar-refractivity contribution in [1.82, 2.24) is 5.06 Å². The molecule has 6 nitrogen and oxygen atoms in total. The van der Waals surface area contributed by atoms with Gasteiger partial charge >= 0.3 is 0 Å². The van der Waals surface area contributed by atoms with Gasteiger partial charge in [-0.05, 0) is 31.0 Å². The Hall–Kier alpha value is -2.08. The Morgan fingerprint density at radius 3 is 3.00 bits per heavy atom. The summed E-state index contributed by atoms with van der Waals surface area (Å²) in [5.74, 6) is 0.149. The third-order valence-electron chi connectivity index (χ3n) is 3.09. The van der Waals surface area contributed by atoms with Gasteiger partial charge in [-0.1, -0.05) is 0 Å². The molecule has 19 heavy (non-hydrogen) atoms. The van der Waals surface area contributed by atoms with Gasteiger partial charge in [0.2, 0.25) is 0 Å². The maximum absolute atomic E-state index is 12.2. The van der Waals surface area contributed by atoms with Gasteiger partial charge in [0.25, 0.3) is 11.8 Å². The monoisotopic (exact) mass is 262 g/mol. The highest BCUT2D eigenvalue weighted by atomic mass is 16.7. The molecule has 1 fully saturated rings. The molecule has 0 atom stereocenters. The zero-order chi connectivity index (χ0) is 13.2. The van der Waals surface area contributed by atoms with E-state index in [1.165, 1.54) is 5.06 Å². The Morgan fingerprint density at radius 1 is 1.32 bits per heavy atom. The Bertz CT molecular complexity index is 523. The van der Waals surface area contributed by atoms with Crippen molar-refractivity contribution < 1.29 is 19.2 Å². The summed E-state index contributed by atoms with van der Waals surface area (Å²) < 4.78 is 5.29. The molecule has 1 aromatic carbocycles. The second kappa shape index (κ2) is 4.89. The highest BCUT2D eigenvalue weighted by Gasteiger charge is 2.22. The van der Waals surface area contributed by atoms with E-state index in [2.05, 4.69) is 5.32 Å². The van der Waals surface area contributed by atoms with Crippen molar-refractivity contribution in [3.05, 3.63) is 23.8 Å². The fraction of sp³-hybridized carbons (Fsp3) is 0.385. The zero-order valence-electron chi connectivity index (χ0n) is 10.3. The number of ether oxygens (including phenoxy) is 1. The van der Waals surface area contributed by atoms with Crippen molar-refractivity contribution in [3.63, 3.8) is 0 Å². The lowest BCUT2D eigenvalue weighted by molar-refractivity contribution is -0.144. The normalized spacial score (nSPS) is 18.3. The van der Waals surface area contributed by atoms with Gasteiger partial charge in [-0.3, -0.25) is 14.4 Å². The van der Waals surface area contributed by atoms with Crippen molar-refractivity contribution in [2.75, 3.05) is 25.1 Å². The molecule has 0 radical (unpaired) electrons. The van der Waals surface area contributed by atoms with Gasteiger partial charge < -0.3 is 10.1 Å². The number of nitrogens with one attached hydrogen (secondary N) is 1. The summed E-state index contributed by atoms with van der Waals surface area (Å²) in [7, 11) is 0. The van der Waals surface area contributed by atoms with E-state index in [0.717, 1.165) is 12.8 Å². The molecular weight excluding hydrogens is 248 g/mol. The molecule has 3 rings (SSSR count). The van der Waals surface area contributed by atoms with Crippen LogP contribution in [0.15, 0.2) is 18.2 Å². The summed E-state index contributed by atoms with van der Waals surface area (Å²) in [6.07, 6.45) is 1.92. The maximum atomic E-state index is 12.2. The van der Waals surface area contributed by atoms with E-state index in [9.17, 15) is 9.59 Å². The molecule has 2 heterocycles. The molecule has 0 spiro atoms. The van der Waals surface area contributed by atoms with Gasteiger partial charge in [0, 0.05) is 12.1 Å². The minimum absolute atomic E-state index is 0.0230. The number of anilines is 1. The standard InChI is InChI=1S/C13H14N2O4/c16-12-8-18-11-7-9(3-4-10(11)14-12)13(17)15-5-1-2-6-19-15/h3-4,7H,1-2,5-6,8H2,(H,14,16). The number of benzene rings is 1. The molecule has 1 aromatic rings. The van der Waals surface area contributed by atoms with Gasteiger partial charge in [-0.2, -0.15) is 0 Å². The van der Waals surface area contributed by atoms with Crippen molar-refractivity contribution in [2.24, 2.45) is 0 Å². The molecule has 0 aromatic heterocycles. The van der Waals surface area contributed by atoms with E-state index < -0.39 is 0 Å². The minimum atomic E-state index is -0.189. The lowest BCUT2D eigenvalue weighted by atomic mass is 10.1. The molecule has 100 valence electrons. The van der Waals surface area contributed by atoms with Crippen LogP contribution in [0, 0.1) is 0 Å². The summed E-state index contributed by atoms with van der Waals surface area (Å²) in [5, 5.41) is 4.07. The van der Waals surface area contributed by atoms with Crippen LogP contribution in [0.1, 0.15) is 23.2 Å². The Morgan fingerprint density at radius 2 is 2.21 bits per heavy atom. The number of nitrogens with zero attached hydrogens (tertiary/aromatic N) is 1. The van der Waals surface area contributed by atoms with Crippen LogP contribution in [-0.2, 0) is 9.63 Å². The first-order chi connectivity index (χ1) is 9.24. The summed E-state index contributed by atoms with van der Waals surface area (Å²) in [6.45, 7) is 1.15. The zero-order valence-corrected chi connectivity index (χ0v) is 10.3. The number of carbonyl (C=O) groups excluding carboxylic acids is 2. The first-order valence-electron chi connectivity index (χ1n) is 6.25. The summed E-state index contributed by atoms with van der Waals surface area (Å²) >= 11 is 0. The molecule has 0 unspecified atom stereocenters. The number of carbonyl (C=O) groups is 2. The predicted molar refractivity (Wildman–Crippen MR) is 66.8 cm³/mol. The summed E-state index contributed by atoms with van der Waals surface area (Å²) in [6, 6.07) is 4.97. The summed E-state index contributed by atoms with van der Waals surface area (Å²) in [4.78, 5) is 28.7. The SMILES string of the molecule is O=C1COc2cc(C(=O)N3CCCCO3)ccc2N1. The lowest BCUT2D eigenvalue weighted by Gasteiger charge is -2.26. The van der Waals surface area contributed by atoms with E-state index in [-0.39, 0.29) is 18.4 Å². The molecule has 6 heteroatoms. The number of hydrogen-bond acceptors (Lipinski definition) is 4. The Balaban J connectivity index is 1.81. The largest absolute Gasteiger partial charge is 0.482 e. The molecule has 1 N–H and O–H groups in total. The highest BCUT2D eigenvalue weighted by molar-refractivity contribution is 5.98. The molecule has 2 aliphatic heterocycles. The molecule has 0 saturated carbocycles. The number of rotatable bonds is 1. The molecule has 2 amide bonds. The van der Waals surface area contributed by atoms with Crippen molar-refractivity contribution in [1.29, 1.82) is 0 Å². The number of hydroxylamine groups is 2. The van der Waals surface area contributed by atoms with Crippen LogP contribution in [0.4, 0.5) is 5.69 Å². The maximum Gasteiger partial charge on any atom is 0.277 e. The topological polar surface area (TPSA) is 67.9 Å². The second-order valence-corrected chi connectivity index (χ2v) is 4.50. The Labute approximate surface area is 110 Å². The average Bonchev–Trinajstić information content (AvgIpc) is 2.47. The van der Waals surface area contributed by atoms with Gasteiger partial charge in [0.15, 0.2) is 6.61 Å². The molecule has 1 saturated heterocycles. The van der Waals surface area contributed by atoms with Gasteiger partial charge in [-0.25, -0.2) is 5.06 Å². The smallest absolute Gasteiger partial charge is 0.277 e. The minimum Gasteiger partial charge on any atom is -0.482 e. The van der Waals surface area contributed by atoms with Gasteiger partial charge in [0.05, 0.1) is 12.3 Å². The van der Waals surface area contributed by atoms with Crippen LogP contribution >= 0.6 is 0 Å². The van der Waals surface area contributed by atoms with E-state index in [0.29, 0.717) is 30.2 Å². The van der Waals surface area contributed by atoms with E-state index >= 15 is 0 Å². The van der Waals surface area contributed by atoms with E-state index in [4.69, 9.17) is 9.57 Å². The summed E-state index contributed by atoms with van der Waals surface area (Å²) in [5.41, 5.74) is 1.09. The quantitative estimate of drug-likeness (QED) is 0.825. The van der Waals surface area contributed by atoms with Crippen LogP contribution < -0.4 is 10.1 Å². The lowest BCUT2D eigenvalue weighted by Crippen LogP contribution is -2.35. The molecule has 2 aliphatic rings. The predicted octanol–water partition coefficient (Wildman–Crippen LogP) is 1.19. The van der Waals surface area contributed by atoms with Crippen LogP contribution in [0.5, 0.6) is 5.75 Å². The third-order valence-corrected chi connectivity index (χ3v) is 3.09. The van der Waals surface area contributed by atoms with Crippen molar-refractivity contribution in [3.8, 4) is 5.75 Å². The third kappa shape index (κ3) is 2.39. The number of hydrogen-bond donors (Lipinski definition) is 1. The van der Waals surface area contributed by atoms with Crippen LogP contribution in [-0.4, -0.2) is 36.6 Å². The average molecular weight is 262 g/mol. The van der Waals surface area contributed by atoms with Crippen LogP contribution in [0.2, 0.25) is 0 Å². The van der Waals surface area contributed by atoms with E-state index in [1.54, 1.807) is 18.2 Å². The van der Waals surface area contributed by atoms with Gasteiger partial charge in [-0.15, -0.1) is 0 Å². The fourth-order valence-electron chi connectivity index (χ4n) is 2.11. The first-order valence-corrected chi connectivity index (χ1v) is 6.25. The van der Waals surface area contributed by atoms with Crippen LogP contribution in [0.25, 0.3) is 0 Å². The van der Waals surface area contributed by atoms with Gasteiger partial charge in [0.1, 0.15) is 5.75 Å². The first kappa shape index (κ1) is 12.0. The number of fused-ring (bicyclic) bond motifs is 1. The number of amides is 2. The highest BCUT2D eigenvalue weighted by Crippen LogP contribution is 2.29. The Kier molecular flexibility index (Phi) is 3.08. The van der Waals surface area contributed by atoms with Crippen molar-refractivity contribution >= 4 is 17.5 Å². The molecule has 0 bridgehead atoms. The van der Waals surface area contributed by atoms with Crippen LogP contribution in [0.3, 0.4) is 0 Å². The van der Waals surface area contributed by atoms with Crippen molar-refractivity contribution in [2.45, 2.75) is 12.8 Å². The molecular formula is C13H14N2O4. The van der Waals surface area contributed by atoms with E-state index in [1.807, 2.05) is 0 Å². The molecule has 0 aliphatic carbocycles. The second-order valence-electron chi connectivity index (χ2n) is 4.50.